The maximum absolute atomic E-state index is 12.8. The van der Waals surface area contributed by atoms with Crippen LogP contribution < -0.4 is 10.2 Å². The van der Waals surface area contributed by atoms with E-state index in [9.17, 15) is 14.9 Å². The third-order valence-electron chi connectivity index (χ3n) is 6.49. The highest BCUT2D eigenvalue weighted by atomic mass is 32.1. The van der Waals surface area contributed by atoms with Crippen LogP contribution in [0.4, 0.5) is 16.5 Å². The van der Waals surface area contributed by atoms with Crippen LogP contribution in [0.1, 0.15) is 12.5 Å². The summed E-state index contributed by atoms with van der Waals surface area (Å²) in [6, 6.07) is 21.2. The quantitative estimate of drug-likeness (QED) is 0.277. The minimum Gasteiger partial charge on any atom is -0.369 e. The molecule has 4 aromatic rings. The van der Waals surface area contributed by atoms with E-state index in [1.807, 2.05) is 18.2 Å². The predicted octanol–water partition coefficient (Wildman–Crippen LogP) is 5.19. The lowest BCUT2D eigenvalue weighted by atomic mass is 9.98. The molecule has 0 unspecified atom stereocenters. The molecule has 1 amide bonds. The SMILES string of the molecule is CCc1cc2sc(NC(=O)CN3CCN(c4ccc([N+](=O)[O-])cc4)CC3)nc2cc1-c1ccccc1. The first-order chi connectivity index (χ1) is 17.5. The van der Waals surface area contributed by atoms with Gasteiger partial charge in [-0.2, -0.15) is 0 Å². The zero-order chi connectivity index (χ0) is 25.1. The number of aromatic nitrogens is 1. The number of nitro benzene ring substituents is 1. The summed E-state index contributed by atoms with van der Waals surface area (Å²) in [6.07, 6.45) is 0.922. The van der Waals surface area contributed by atoms with Crippen LogP contribution in [0.15, 0.2) is 66.7 Å². The van der Waals surface area contributed by atoms with Crippen LogP contribution in [0.3, 0.4) is 0 Å². The zero-order valence-electron chi connectivity index (χ0n) is 20.0. The number of nitro groups is 1. The van der Waals surface area contributed by atoms with E-state index >= 15 is 0 Å². The van der Waals surface area contributed by atoms with Crippen molar-refractivity contribution in [2.45, 2.75) is 13.3 Å². The number of non-ortho nitro benzene ring substituents is 1. The second-order valence-corrected chi connectivity index (χ2v) is 9.83. The predicted molar refractivity (Wildman–Crippen MR) is 145 cm³/mol. The van der Waals surface area contributed by atoms with Crippen molar-refractivity contribution in [3.63, 3.8) is 0 Å². The van der Waals surface area contributed by atoms with Crippen LogP contribution in [-0.4, -0.2) is 53.4 Å². The van der Waals surface area contributed by atoms with Crippen LogP contribution in [0.25, 0.3) is 21.3 Å². The average molecular weight is 502 g/mol. The Morgan fingerprint density at radius 1 is 1.06 bits per heavy atom. The third kappa shape index (κ3) is 5.22. The molecular formula is C27H27N5O3S. The summed E-state index contributed by atoms with van der Waals surface area (Å²) in [6.45, 7) is 5.45. The zero-order valence-corrected chi connectivity index (χ0v) is 20.8. The molecule has 8 nitrogen and oxygen atoms in total. The summed E-state index contributed by atoms with van der Waals surface area (Å²) in [5.41, 5.74) is 5.55. The van der Waals surface area contributed by atoms with Gasteiger partial charge in [-0.05, 0) is 47.4 Å². The van der Waals surface area contributed by atoms with Gasteiger partial charge in [-0.1, -0.05) is 48.6 Å². The fourth-order valence-corrected chi connectivity index (χ4v) is 5.49. The molecule has 0 saturated carbocycles. The van der Waals surface area contributed by atoms with Crippen molar-refractivity contribution in [3.05, 3.63) is 82.4 Å². The van der Waals surface area contributed by atoms with Crippen LogP contribution >= 0.6 is 11.3 Å². The number of fused-ring (bicyclic) bond motifs is 1. The first-order valence-corrected chi connectivity index (χ1v) is 12.8. The lowest BCUT2D eigenvalue weighted by Crippen LogP contribution is -2.48. The van der Waals surface area contributed by atoms with Crippen LogP contribution in [0.2, 0.25) is 0 Å². The molecule has 0 radical (unpaired) electrons. The smallest absolute Gasteiger partial charge is 0.269 e. The topological polar surface area (TPSA) is 91.6 Å². The summed E-state index contributed by atoms with van der Waals surface area (Å²) in [4.78, 5) is 32.2. The van der Waals surface area contributed by atoms with Gasteiger partial charge in [0.1, 0.15) is 0 Å². The summed E-state index contributed by atoms with van der Waals surface area (Å²) < 4.78 is 1.07. The van der Waals surface area contributed by atoms with Crippen molar-refractivity contribution in [1.82, 2.24) is 9.88 Å². The molecule has 0 bridgehead atoms. The van der Waals surface area contributed by atoms with E-state index < -0.39 is 4.92 Å². The van der Waals surface area contributed by atoms with Crippen molar-refractivity contribution >= 4 is 44.0 Å². The van der Waals surface area contributed by atoms with Gasteiger partial charge < -0.3 is 10.2 Å². The molecule has 0 aliphatic carbocycles. The number of carbonyl (C=O) groups excluding carboxylic acids is 1. The first-order valence-electron chi connectivity index (χ1n) is 12.0. The summed E-state index contributed by atoms with van der Waals surface area (Å²) >= 11 is 1.50. The molecule has 1 aliphatic rings. The van der Waals surface area contributed by atoms with E-state index in [1.165, 1.54) is 40.2 Å². The van der Waals surface area contributed by atoms with Crippen LogP contribution in [0.5, 0.6) is 0 Å². The number of nitrogens with zero attached hydrogens (tertiary/aromatic N) is 4. The number of nitrogens with one attached hydrogen (secondary N) is 1. The van der Waals surface area contributed by atoms with Gasteiger partial charge in [0.05, 0.1) is 21.7 Å². The second-order valence-electron chi connectivity index (χ2n) is 8.80. The largest absolute Gasteiger partial charge is 0.369 e. The molecule has 0 atom stereocenters. The Morgan fingerprint density at radius 2 is 1.78 bits per heavy atom. The van der Waals surface area contributed by atoms with Gasteiger partial charge in [0.2, 0.25) is 5.91 Å². The Hall–Kier alpha value is -3.82. The molecule has 1 fully saturated rings. The van der Waals surface area contributed by atoms with Gasteiger partial charge in [-0.25, -0.2) is 4.98 Å². The van der Waals surface area contributed by atoms with Crippen molar-refractivity contribution in [1.29, 1.82) is 0 Å². The molecule has 184 valence electrons. The highest BCUT2D eigenvalue weighted by molar-refractivity contribution is 7.22. The Labute approximate surface area is 213 Å². The molecule has 9 heteroatoms. The number of thiazole rings is 1. The van der Waals surface area contributed by atoms with Crippen molar-refractivity contribution < 1.29 is 9.72 Å². The number of anilines is 2. The van der Waals surface area contributed by atoms with Crippen LogP contribution in [0, 0.1) is 10.1 Å². The van der Waals surface area contributed by atoms with Gasteiger partial charge in [0.25, 0.3) is 5.69 Å². The maximum Gasteiger partial charge on any atom is 0.269 e. The number of rotatable bonds is 7. The molecule has 1 N–H and O–H groups in total. The second kappa shape index (κ2) is 10.4. The number of piperazine rings is 1. The Morgan fingerprint density at radius 3 is 2.44 bits per heavy atom. The van der Waals surface area contributed by atoms with Gasteiger partial charge >= 0.3 is 0 Å². The van der Waals surface area contributed by atoms with Crippen molar-refractivity contribution in [3.8, 4) is 11.1 Å². The molecule has 2 heterocycles. The molecule has 0 spiro atoms. The standard InChI is InChI=1S/C27H27N5O3S/c1-2-19-16-25-24(17-23(19)20-6-4-3-5-7-20)28-27(36-25)29-26(33)18-30-12-14-31(15-13-30)21-8-10-22(11-9-21)32(34)35/h3-11,16-17H,2,12-15,18H2,1H3,(H,28,29,33). The minimum atomic E-state index is -0.392. The molecule has 1 aromatic heterocycles. The first kappa shape index (κ1) is 23.9. The Bertz CT molecular complexity index is 1380. The summed E-state index contributed by atoms with van der Waals surface area (Å²) in [5.74, 6) is -0.0724. The van der Waals surface area contributed by atoms with Gasteiger partial charge in [0, 0.05) is 44.0 Å². The lowest BCUT2D eigenvalue weighted by molar-refractivity contribution is -0.384. The van der Waals surface area contributed by atoms with Crippen molar-refractivity contribution in [2.24, 2.45) is 0 Å². The molecule has 1 saturated heterocycles. The lowest BCUT2D eigenvalue weighted by Gasteiger charge is -2.35. The molecule has 36 heavy (non-hydrogen) atoms. The van der Waals surface area contributed by atoms with E-state index in [4.69, 9.17) is 4.98 Å². The van der Waals surface area contributed by atoms with E-state index in [-0.39, 0.29) is 11.6 Å². The Kier molecular flexibility index (Phi) is 6.92. The fraction of sp³-hybridized carbons (Fsp3) is 0.259. The average Bonchev–Trinajstić information content (AvgIpc) is 3.29. The number of hydrogen-bond acceptors (Lipinski definition) is 7. The molecular weight excluding hydrogens is 474 g/mol. The van der Waals surface area contributed by atoms with E-state index in [1.54, 1.807) is 12.1 Å². The number of benzene rings is 3. The van der Waals surface area contributed by atoms with Crippen molar-refractivity contribution in [2.75, 3.05) is 42.9 Å². The number of aryl methyl sites for hydroxylation is 1. The molecule has 3 aromatic carbocycles. The van der Waals surface area contributed by atoms with E-state index in [0.29, 0.717) is 11.7 Å². The number of carbonyl (C=O) groups is 1. The monoisotopic (exact) mass is 501 g/mol. The Balaban J connectivity index is 1.20. The molecule has 1 aliphatic heterocycles. The minimum absolute atomic E-state index is 0.0724. The summed E-state index contributed by atoms with van der Waals surface area (Å²) in [7, 11) is 0. The number of hydrogen-bond donors (Lipinski definition) is 1. The fourth-order valence-electron chi connectivity index (χ4n) is 4.56. The summed E-state index contributed by atoms with van der Waals surface area (Å²) in [5, 5.41) is 14.5. The van der Waals surface area contributed by atoms with E-state index in [2.05, 4.69) is 46.3 Å². The highest BCUT2D eigenvalue weighted by Crippen LogP contribution is 2.33. The molecule has 5 rings (SSSR count). The van der Waals surface area contributed by atoms with Gasteiger partial charge in [-0.15, -0.1) is 0 Å². The number of amides is 1. The van der Waals surface area contributed by atoms with E-state index in [0.717, 1.165) is 48.5 Å². The van der Waals surface area contributed by atoms with Gasteiger partial charge in [-0.3, -0.25) is 19.8 Å². The maximum atomic E-state index is 12.8. The third-order valence-corrected chi connectivity index (χ3v) is 7.42. The van der Waals surface area contributed by atoms with Gasteiger partial charge in [0.15, 0.2) is 5.13 Å². The van der Waals surface area contributed by atoms with Crippen LogP contribution in [-0.2, 0) is 11.2 Å². The highest BCUT2D eigenvalue weighted by Gasteiger charge is 2.20. The normalized spacial score (nSPS) is 14.2.